The quantitative estimate of drug-likeness (QED) is 0.846. The summed E-state index contributed by atoms with van der Waals surface area (Å²) < 4.78 is 10.4. The molecule has 0 bridgehead atoms. The van der Waals surface area contributed by atoms with Gasteiger partial charge >= 0.3 is 6.09 Å². The van der Waals surface area contributed by atoms with Crippen LogP contribution in [0.4, 0.5) is 10.5 Å². The number of amides is 1. The van der Waals surface area contributed by atoms with Crippen molar-refractivity contribution in [2.24, 2.45) is 0 Å². The molecule has 0 saturated carbocycles. The van der Waals surface area contributed by atoms with E-state index in [-0.39, 0.29) is 6.04 Å². The molecule has 1 aromatic rings. The summed E-state index contributed by atoms with van der Waals surface area (Å²) in [5.74, 6) is 0. The van der Waals surface area contributed by atoms with Crippen molar-refractivity contribution in [1.82, 2.24) is 5.32 Å². The Morgan fingerprint density at radius 3 is 2.57 bits per heavy atom. The predicted molar refractivity (Wildman–Crippen MR) is 84.5 cm³/mol. The van der Waals surface area contributed by atoms with Gasteiger partial charge in [-0.15, -0.1) is 0 Å². The molecule has 0 heterocycles. The largest absolute Gasteiger partial charge is 0.444 e. The number of para-hydroxylation sites is 1. The van der Waals surface area contributed by atoms with Crippen LogP contribution in [-0.2, 0) is 16.1 Å². The van der Waals surface area contributed by atoms with Crippen LogP contribution in [0.15, 0.2) is 24.3 Å². The fourth-order valence-electron chi connectivity index (χ4n) is 1.81. The molecule has 0 fully saturated rings. The lowest BCUT2D eigenvalue weighted by molar-refractivity contribution is 0.0526. The maximum atomic E-state index is 11.6. The summed E-state index contributed by atoms with van der Waals surface area (Å²) in [5.41, 5.74) is 1.62. The number of carbonyl (C=O) groups excluding carboxylic acids is 1. The monoisotopic (exact) mass is 294 g/mol. The summed E-state index contributed by atoms with van der Waals surface area (Å²) in [5, 5.41) is 6.12. The van der Waals surface area contributed by atoms with Crippen molar-refractivity contribution in [3.05, 3.63) is 29.8 Å². The second kappa shape index (κ2) is 7.88. The molecule has 0 aliphatic carbocycles. The van der Waals surface area contributed by atoms with E-state index in [9.17, 15) is 4.79 Å². The van der Waals surface area contributed by atoms with E-state index in [2.05, 4.69) is 10.6 Å². The highest BCUT2D eigenvalue weighted by molar-refractivity contribution is 5.67. The number of ether oxygens (including phenoxy) is 2. The van der Waals surface area contributed by atoms with E-state index in [1.165, 1.54) is 0 Å². The Balaban J connectivity index is 2.47. The van der Waals surface area contributed by atoms with E-state index in [1.54, 1.807) is 7.11 Å². The first kappa shape index (κ1) is 17.3. The minimum Gasteiger partial charge on any atom is -0.444 e. The van der Waals surface area contributed by atoms with Crippen molar-refractivity contribution in [3.63, 3.8) is 0 Å². The molecule has 5 nitrogen and oxygen atoms in total. The molecule has 1 aromatic carbocycles. The van der Waals surface area contributed by atoms with E-state index in [0.717, 1.165) is 11.3 Å². The minimum atomic E-state index is -0.480. The molecule has 1 unspecified atom stereocenters. The Morgan fingerprint density at radius 2 is 1.95 bits per heavy atom. The molecule has 0 saturated heterocycles. The molecule has 2 N–H and O–H groups in total. The van der Waals surface area contributed by atoms with Gasteiger partial charge in [-0.2, -0.15) is 0 Å². The fourth-order valence-corrected chi connectivity index (χ4v) is 1.81. The average molecular weight is 294 g/mol. The topological polar surface area (TPSA) is 59.6 Å². The number of hydrogen-bond acceptors (Lipinski definition) is 4. The van der Waals surface area contributed by atoms with Gasteiger partial charge in [0.1, 0.15) is 5.60 Å². The Morgan fingerprint density at radius 1 is 1.29 bits per heavy atom. The molecule has 1 atom stereocenters. The number of methoxy groups -OCH3 is 1. The fraction of sp³-hybridized carbons (Fsp3) is 0.562. The predicted octanol–water partition coefficient (Wildman–Crippen LogP) is 3.16. The number of nitrogens with one attached hydrogen (secondary N) is 2. The van der Waals surface area contributed by atoms with Crippen LogP contribution < -0.4 is 10.6 Å². The lowest BCUT2D eigenvalue weighted by atomic mass is 10.1. The zero-order chi connectivity index (χ0) is 15.9. The molecule has 118 valence electrons. The molecule has 0 aliphatic heterocycles. The van der Waals surface area contributed by atoms with Crippen LogP contribution in [0.25, 0.3) is 0 Å². The molecule has 0 radical (unpaired) electrons. The van der Waals surface area contributed by atoms with Crippen molar-refractivity contribution in [1.29, 1.82) is 0 Å². The lowest BCUT2D eigenvalue weighted by Crippen LogP contribution is -2.38. The summed E-state index contributed by atoms with van der Waals surface area (Å²) in [6, 6.07) is 8.03. The normalized spacial score (nSPS) is 12.6. The molecule has 0 aromatic heterocycles. The maximum absolute atomic E-state index is 11.6. The number of alkyl carbamates (subject to hydrolysis) is 1. The molecular formula is C16H26N2O3. The van der Waals surface area contributed by atoms with Crippen molar-refractivity contribution in [3.8, 4) is 0 Å². The van der Waals surface area contributed by atoms with Gasteiger partial charge in [-0.05, 0) is 33.8 Å². The van der Waals surface area contributed by atoms with Gasteiger partial charge < -0.3 is 20.1 Å². The summed E-state index contributed by atoms with van der Waals surface area (Å²) in [7, 11) is 1.67. The van der Waals surface area contributed by atoms with E-state index in [1.807, 2.05) is 52.0 Å². The van der Waals surface area contributed by atoms with Crippen LogP contribution in [0.2, 0.25) is 0 Å². The van der Waals surface area contributed by atoms with Gasteiger partial charge in [0.2, 0.25) is 0 Å². The standard InChI is InChI=1S/C16H26N2O3/c1-12(10-17-15(19)21-16(2,3)4)18-14-9-7-6-8-13(14)11-20-5/h6-9,12,18H,10-11H2,1-5H3,(H,17,19). The van der Waals surface area contributed by atoms with Crippen molar-refractivity contribution >= 4 is 11.8 Å². The number of benzene rings is 1. The summed E-state index contributed by atoms with van der Waals surface area (Å²) in [4.78, 5) is 11.6. The highest BCUT2D eigenvalue weighted by Gasteiger charge is 2.16. The molecule has 5 heteroatoms. The molecule has 1 amide bonds. The van der Waals surface area contributed by atoms with E-state index in [0.29, 0.717) is 13.2 Å². The Kier molecular flexibility index (Phi) is 6.49. The van der Waals surface area contributed by atoms with Crippen LogP contribution in [0.1, 0.15) is 33.3 Å². The van der Waals surface area contributed by atoms with Gasteiger partial charge in [0.15, 0.2) is 0 Å². The third-order valence-corrected chi connectivity index (χ3v) is 2.67. The third kappa shape index (κ3) is 6.99. The number of hydrogen-bond donors (Lipinski definition) is 2. The maximum Gasteiger partial charge on any atom is 0.407 e. The molecule has 0 aliphatic rings. The van der Waals surface area contributed by atoms with Crippen molar-refractivity contribution < 1.29 is 14.3 Å². The van der Waals surface area contributed by atoms with Crippen LogP contribution in [-0.4, -0.2) is 31.4 Å². The number of rotatable bonds is 6. The number of anilines is 1. The zero-order valence-electron chi connectivity index (χ0n) is 13.5. The van der Waals surface area contributed by atoms with Crippen molar-refractivity contribution in [2.45, 2.75) is 45.9 Å². The Bertz CT molecular complexity index is 455. The van der Waals surface area contributed by atoms with Crippen LogP contribution in [0.5, 0.6) is 0 Å². The molecular weight excluding hydrogens is 268 g/mol. The van der Waals surface area contributed by atoms with Crippen LogP contribution >= 0.6 is 0 Å². The van der Waals surface area contributed by atoms with Crippen molar-refractivity contribution in [2.75, 3.05) is 19.0 Å². The third-order valence-electron chi connectivity index (χ3n) is 2.67. The van der Waals surface area contributed by atoms with Crippen LogP contribution in [0, 0.1) is 0 Å². The minimum absolute atomic E-state index is 0.0792. The molecule has 0 spiro atoms. The SMILES string of the molecule is COCc1ccccc1NC(C)CNC(=O)OC(C)(C)C. The first-order valence-corrected chi connectivity index (χ1v) is 7.12. The Hall–Kier alpha value is -1.75. The highest BCUT2D eigenvalue weighted by Crippen LogP contribution is 2.16. The van der Waals surface area contributed by atoms with E-state index in [4.69, 9.17) is 9.47 Å². The van der Waals surface area contributed by atoms with Gasteiger partial charge in [0, 0.05) is 30.9 Å². The van der Waals surface area contributed by atoms with E-state index >= 15 is 0 Å². The smallest absolute Gasteiger partial charge is 0.407 e. The summed E-state index contributed by atoms with van der Waals surface area (Å²) >= 11 is 0. The second-order valence-corrected chi connectivity index (χ2v) is 6.02. The first-order chi connectivity index (χ1) is 9.81. The molecule has 1 rings (SSSR count). The van der Waals surface area contributed by atoms with Gasteiger partial charge in [0.25, 0.3) is 0 Å². The van der Waals surface area contributed by atoms with Gasteiger partial charge in [-0.25, -0.2) is 4.79 Å². The van der Waals surface area contributed by atoms with Gasteiger partial charge in [-0.3, -0.25) is 0 Å². The zero-order valence-corrected chi connectivity index (χ0v) is 13.5. The first-order valence-electron chi connectivity index (χ1n) is 7.12. The Labute approximate surface area is 127 Å². The lowest BCUT2D eigenvalue weighted by Gasteiger charge is -2.22. The molecule has 21 heavy (non-hydrogen) atoms. The second-order valence-electron chi connectivity index (χ2n) is 6.02. The average Bonchev–Trinajstić information content (AvgIpc) is 2.37. The van der Waals surface area contributed by atoms with E-state index < -0.39 is 11.7 Å². The van der Waals surface area contributed by atoms with Gasteiger partial charge in [0.05, 0.1) is 6.61 Å². The van der Waals surface area contributed by atoms with Gasteiger partial charge in [-0.1, -0.05) is 18.2 Å². The van der Waals surface area contributed by atoms with Crippen LogP contribution in [0.3, 0.4) is 0 Å². The summed E-state index contributed by atoms with van der Waals surface area (Å²) in [6.45, 7) is 8.56. The highest BCUT2D eigenvalue weighted by atomic mass is 16.6. The number of carbonyl (C=O) groups is 1. The summed E-state index contributed by atoms with van der Waals surface area (Å²) in [6.07, 6.45) is -0.402.